The quantitative estimate of drug-likeness (QED) is 0.156. The van der Waals surface area contributed by atoms with Crippen LogP contribution < -0.4 is 4.90 Å². The molecular weight excluding hydrogens is 749 g/mol. The SMILES string of the molecule is c1ccc(-c2ccc(N(c3ccc(-c4ccccc4-n4c5ccccc5c5ccc6ccccc6c54)cc3)c3ccc(-c4cccc5ccccc45)c4ccccc34)cc2)cc1. The number of para-hydroxylation sites is 2. The van der Waals surface area contributed by atoms with Crippen LogP contribution in [0.4, 0.5) is 17.1 Å². The van der Waals surface area contributed by atoms with Crippen LogP contribution in [0.5, 0.6) is 0 Å². The second kappa shape index (κ2) is 14.8. The maximum atomic E-state index is 2.47. The van der Waals surface area contributed by atoms with Gasteiger partial charge in [0.05, 0.1) is 22.4 Å². The average Bonchev–Trinajstić information content (AvgIpc) is 3.69. The first-order valence-electron chi connectivity index (χ1n) is 21.3. The van der Waals surface area contributed by atoms with Crippen LogP contribution in [0.1, 0.15) is 0 Å². The number of benzene rings is 11. The van der Waals surface area contributed by atoms with Crippen LogP contribution >= 0.6 is 0 Å². The average molecular weight is 789 g/mol. The van der Waals surface area contributed by atoms with E-state index in [1.165, 1.54) is 81.9 Å². The molecule has 62 heavy (non-hydrogen) atoms. The van der Waals surface area contributed by atoms with E-state index in [2.05, 4.69) is 252 Å². The van der Waals surface area contributed by atoms with Crippen molar-refractivity contribution in [2.75, 3.05) is 4.90 Å². The number of nitrogens with zero attached hydrogens (tertiary/aromatic N) is 2. The minimum atomic E-state index is 1.09. The molecule has 2 nitrogen and oxygen atoms in total. The van der Waals surface area contributed by atoms with E-state index in [0.717, 1.165) is 28.3 Å². The predicted octanol–water partition coefficient (Wildman–Crippen LogP) is 16.7. The Morgan fingerprint density at radius 3 is 1.58 bits per heavy atom. The lowest BCUT2D eigenvalue weighted by atomic mass is 9.93. The van der Waals surface area contributed by atoms with Crippen molar-refractivity contribution >= 4 is 71.2 Å². The molecule has 0 aliphatic heterocycles. The molecule has 2 heteroatoms. The van der Waals surface area contributed by atoms with Gasteiger partial charge in [0.1, 0.15) is 0 Å². The van der Waals surface area contributed by atoms with Crippen LogP contribution in [0.25, 0.3) is 93.2 Å². The Morgan fingerprint density at radius 2 is 0.806 bits per heavy atom. The van der Waals surface area contributed by atoms with Crippen molar-refractivity contribution in [1.29, 1.82) is 0 Å². The number of rotatable bonds is 7. The Hall–Kier alpha value is -8.20. The summed E-state index contributed by atoms with van der Waals surface area (Å²) in [6.45, 7) is 0. The van der Waals surface area contributed by atoms with E-state index in [-0.39, 0.29) is 0 Å². The molecule has 0 spiro atoms. The molecule has 1 aromatic heterocycles. The molecule has 11 aromatic carbocycles. The van der Waals surface area contributed by atoms with E-state index >= 15 is 0 Å². The number of anilines is 3. The van der Waals surface area contributed by atoms with E-state index < -0.39 is 0 Å². The standard InChI is InChI=1S/C60H40N2/c1-2-15-41(16-3-1)42-29-34-46(35-30-42)61(59-40-39-53(52-23-8-9-24-54(52)59)51-26-14-19-43-17-4-6-20-48(43)51)47-36-31-45(32-37-47)49-21-10-12-27-57(49)62-58-28-13-11-25-55(58)56-38-33-44-18-5-7-22-50(44)60(56)62/h1-40H. The lowest BCUT2D eigenvalue weighted by molar-refractivity contribution is 1.19. The Balaban J connectivity index is 1.02. The van der Waals surface area contributed by atoms with E-state index in [0.29, 0.717) is 0 Å². The monoisotopic (exact) mass is 788 g/mol. The third-order valence-corrected chi connectivity index (χ3v) is 12.6. The van der Waals surface area contributed by atoms with Crippen LogP contribution in [-0.2, 0) is 0 Å². The van der Waals surface area contributed by atoms with E-state index in [9.17, 15) is 0 Å². The zero-order valence-corrected chi connectivity index (χ0v) is 34.0. The highest BCUT2D eigenvalue weighted by Crippen LogP contribution is 2.45. The first kappa shape index (κ1) is 35.7. The molecule has 0 bridgehead atoms. The largest absolute Gasteiger partial charge is 0.310 e. The summed E-state index contributed by atoms with van der Waals surface area (Å²) >= 11 is 0. The normalized spacial score (nSPS) is 11.5. The van der Waals surface area contributed by atoms with Crippen LogP contribution in [0, 0.1) is 0 Å². The van der Waals surface area contributed by atoms with Crippen molar-refractivity contribution in [3.8, 4) is 39.1 Å². The van der Waals surface area contributed by atoms with Crippen molar-refractivity contribution in [2.45, 2.75) is 0 Å². The van der Waals surface area contributed by atoms with Crippen molar-refractivity contribution in [3.63, 3.8) is 0 Å². The maximum Gasteiger partial charge on any atom is 0.0619 e. The number of aromatic nitrogens is 1. The molecule has 290 valence electrons. The molecule has 0 aliphatic rings. The third kappa shape index (κ3) is 5.88. The third-order valence-electron chi connectivity index (χ3n) is 12.6. The molecule has 0 N–H and O–H groups in total. The van der Waals surface area contributed by atoms with Gasteiger partial charge in [0, 0.05) is 38.5 Å². The number of hydrogen-bond acceptors (Lipinski definition) is 1. The summed E-state index contributed by atoms with van der Waals surface area (Å²) in [4.78, 5) is 2.42. The lowest BCUT2D eigenvalue weighted by Crippen LogP contribution is -2.10. The molecule has 0 atom stereocenters. The molecule has 0 radical (unpaired) electrons. The minimum absolute atomic E-state index is 1.09. The molecule has 12 rings (SSSR count). The summed E-state index contributed by atoms with van der Waals surface area (Å²) < 4.78 is 2.47. The highest BCUT2D eigenvalue weighted by atomic mass is 15.1. The summed E-state index contributed by atoms with van der Waals surface area (Å²) in [5.74, 6) is 0. The summed E-state index contributed by atoms with van der Waals surface area (Å²) in [5, 5.41) is 9.91. The maximum absolute atomic E-state index is 2.47. The van der Waals surface area contributed by atoms with Gasteiger partial charge in [-0.15, -0.1) is 0 Å². The van der Waals surface area contributed by atoms with Gasteiger partial charge in [0.15, 0.2) is 0 Å². The fourth-order valence-corrected chi connectivity index (χ4v) is 9.72. The van der Waals surface area contributed by atoms with Gasteiger partial charge in [0.25, 0.3) is 0 Å². The number of fused-ring (bicyclic) bond motifs is 7. The van der Waals surface area contributed by atoms with Gasteiger partial charge in [-0.05, 0) is 91.8 Å². The van der Waals surface area contributed by atoms with Crippen LogP contribution in [0.2, 0.25) is 0 Å². The van der Waals surface area contributed by atoms with E-state index in [1.54, 1.807) is 0 Å². The highest BCUT2D eigenvalue weighted by Gasteiger charge is 2.21. The van der Waals surface area contributed by atoms with Gasteiger partial charge in [0.2, 0.25) is 0 Å². The molecule has 0 unspecified atom stereocenters. The first-order valence-corrected chi connectivity index (χ1v) is 21.3. The van der Waals surface area contributed by atoms with Crippen LogP contribution in [0.15, 0.2) is 243 Å². The van der Waals surface area contributed by atoms with Crippen LogP contribution in [0.3, 0.4) is 0 Å². The molecular formula is C60H40N2. The molecule has 1 heterocycles. The topological polar surface area (TPSA) is 8.17 Å². The Kier molecular flexibility index (Phi) is 8.53. The number of hydrogen-bond donors (Lipinski definition) is 0. The van der Waals surface area contributed by atoms with Crippen molar-refractivity contribution in [1.82, 2.24) is 4.57 Å². The van der Waals surface area contributed by atoms with E-state index in [4.69, 9.17) is 0 Å². The van der Waals surface area contributed by atoms with Gasteiger partial charge < -0.3 is 9.47 Å². The first-order chi connectivity index (χ1) is 30.8. The highest BCUT2D eigenvalue weighted by molar-refractivity contribution is 6.19. The lowest BCUT2D eigenvalue weighted by Gasteiger charge is -2.28. The van der Waals surface area contributed by atoms with Crippen molar-refractivity contribution in [2.24, 2.45) is 0 Å². The molecule has 0 amide bonds. The second-order valence-corrected chi connectivity index (χ2v) is 16.1. The van der Waals surface area contributed by atoms with Crippen molar-refractivity contribution in [3.05, 3.63) is 243 Å². The molecule has 12 aromatic rings. The summed E-state index contributed by atoms with van der Waals surface area (Å²) in [6.07, 6.45) is 0. The summed E-state index contributed by atoms with van der Waals surface area (Å²) in [6, 6.07) is 88.4. The summed E-state index contributed by atoms with van der Waals surface area (Å²) in [5.41, 5.74) is 14.1. The predicted molar refractivity (Wildman–Crippen MR) is 264 cm³/mol. The summed E-state index contributed by atoms with van der Waals surface area (Å²) in [7, 11) is 0. The Labute approximate surface area is 360 Å². The van der Waals surface area contributed by atoms with Gasteiger partial charge >= 0.3 is 0 Å². The molecule has 0 aliphatic carbocycles. The molecule has 0 saturated carbocycles. The van der Waals surface area contributed by atoms with Crippen molar-refractivity contribution < 1.29 is 0 Å². The zero-order valence-electron chi connectivity index (χ0n) is 34.0. The molecule has 0 saturated heterocycles. The second-order valence-electron chi connectivity index (χ2n) is 16.1. The smallest absolute Gasteiger partial charge is 0.0619 e. The van der Waals surface area contributed by atoms with Gasteiger partial charge in [-0.1, -0.05) is 200 Å². The van der Waals surface area contributed by atoms with Gasteiger partial charge in [-0.3, -0.25) is 0 Å². The Morgan fingerprint density at radius 1 is 0.274 bits per heavy atom. The Bertz CT molecular complexity index is 3610. The van der Waals surface area contributed by atoms with Crippen LogP contribution in [-0.4, -0.2) is 4.57 Å². The molecule has 0 fully saturated rings. The van der Waals surface area contributed by atoms with E-state index in [1.807, 2.05) is 0 Å². The van der Waals surface area contributed by atoms with Gasteiger partial charge in [-0.2, -0.15) is 0 Å². The fraction of sp³-hybridized carbons (Fsp3) is 0. The van der Waals surface area contributed by atoms with Gasteiger partial charge in [-0.25, -0.2) is 0 Å². The zero-order chi connectivity index (χ0) is 41.0. The fourth-order valence-electron chi connectivity index (χ4n) is 9.72. The minimum Gasteiger partial charge on any atom is -0.310 e.